The molecule has 2 heterocycles. The molecule has 2 aromatic carbocycles. The lowest BCUT2D eigenvalue weighted by Gasteiger charge is -2.18. The van der Waals surface area contributed by atoms with E-state index in [9.17, 15) is 14.7 Å². The number of hydrogen-bond acceptors (Lipinski definition) is 8. The summed E-state index contributed by atoms with van der Waals surface area (Å²) in [6.45, 7) is 0. The zero-order valence-corrected chi connectivity index (χ0v) is 18.0. The van der Waals surface area contributed by atoms with Gasteiger partial charge in [0, 0.05) is 23.4 Å². The zero-order valence-electron chi connectivity index (χ0n) is 17.2. The lowest BCUT2D eigenvalue weighted by atomic mass is 9.92. The summed E-state index contributed by atoms with van der Waals surface area (Å²) in [7, 11) is 1.29. The summed E-state index contributed by atoms with van der Waals surface area (Å²) in [5.74, 6) is -0.946. The van der Waals surface area contributed by atoms with E-state index in [0.717, 1.165) is 4.90 Å². The number of carbonyl (C=O) groups is 1. The summed E-state index contributed by atoms with van der Waals surface area (Å²) in [4.78, 5) is 34.3. The van der Waals surface area contributed by atoms with Crippen LogP contribution in [0, 0.1) is 0 Å². The molecule has 0 unspecified atom stereocenters. The third-order valence-electron chi connectivity index (χ3n) is 4.93. The maximum absolute atomic E-state index is 12.5. The van der Waals surface area contributed by atoms with Gasteiger partial charge in [-0.1, -0.05) is 24.3 Å². The number of carbonyl (C=O) groups excluding carboxylic acids is 1. The number of methoxy groups -OCH3 is 1. The second-order valence-corrected chi connectivity index (χ2v) is 8.08. The Morgan fingerprint density at radius 2 is 1.84 bits per heavy atom. The number of rotatable bonds is 7. The molecule has 4 rings (SSSR count). The van der Waals surface area contributed by atoms with Gasteiger partial charge in [-0.15, -0.1) is 11.8 Å². The Labute approximate surface area is 188 Å². The van der Waals surface area contributed by atoms with Crippen molar-refractivity contribution in [1.29, 1.82) is 0 Å². The van der Waals surface area contributed by atoms with Crippen molar-refractivity contribution in [2.24, 2.45) is 0 Å². The molecule has 7 nitrogen and oxygen atoms in total. The van der Waals surface area contributed by atoms with E-state index in [2.05, 4.69) is 9.97 Å². The van der Waals surface area contributed by atoms with Crippen molar-refractivity contribution < 1.29 is 19.1 Å². The summed E-state index contributed by atoms with van der Waals surface area (Å²) in [5.41, 5.74) is 1.39. The highest BCUT2D eigenvalue weighted by molar-refractivity contribution is 7.98. The minimum Gasteiger partial charge on any atom is -0.502 e. The van der Waals surface area contributed by atoms with E-state index in [1.54, 1.807) is 30.6 Å². The van der Waals surface area contributed by atoms with Gasteiger partial charge in [0.25, 0.3) is 0 Å². The molecule has 4 aromatic rings. The molecule has 0 aliphatic carbocycles. The van der Waals surface area contributed by atoms with E-state index in [-0.39, 0.29) is 12.2 Å². The van der Waals surface area contributed by atoms with E-state index in [0.29, 0.717) is 28.1 Å². The quantitative estimate of drug-likeness (QED) is 0.330. The first-order valence-corrected chi connectivity index (χ1v) is 10.8. The number of thioether (sulfide) groups is 1. The number of aromatic hydroxyl groups is 1. The average Bonchev–Trinajstić information content (AvgIpc) is 2.83. The minimum atomic E-state index is -0.733. The van der Waals surface area contributed by atoms with Crippen molar-refractivity contribution in [3.8, 4) is 5.75 Å². The SMILES string of the molecule is COC(=O)C[C@@H](c1ccc2nccnc2c1)c1oc(CSc2ccccc2)cc(=O)c1O. The standard InChI is InChI=1S/C24H20N2O5S/c1-30-22(28)13-18(15-7-8-19-20(11-15)26-10-9-25-19)24-23(29)21(27)12-16(31-24)14-32-17-5-3-2-4-6-17/h2-12,18,29H,13-14H2,1H3/t18-/m0/s1. The molecule has 8 heteroatoms. The maximum atomic E-state index is 12.5. The molecule has 0 radical (unpaired) electrons. The van der Waals surface area contributed by atoms with Crippen LogP contribution in [-0.4, -0.2) is 28.2 Å². The first-order valence-electron chi connectivity index (χ1n) is 9.86. The largest absolute Gasteiger partial charge is 0.502 e. The van der Waals surface area contributed by atoms with Crippen LogP contribution >= 0.6 is 11.8 Å². The fourth-order valence-corrected chi connectivity index (χ4v) is 4.14. The molecule has 0 saturated heterocycles. The Balaban J connectivity index is 1.74. The van der Waals surface area contributed by atoms with Crippen LogP contribution in [0.5, 0.6) is 5.75 Å². The van der Waals surface area contributed by atoms with Crippen LogP contribution in [0.1, 0.15) is 29.4 Å². The van der Waals surface area contributed by atoms with Gasteiger partial charge >= 0.3 is 5.97 Å². The van der Waals surface area contributed by atoms with Crippen LogP contribution in [0.4, 0.5) is 0 Å². The van der Waals surface area contributed by atoms with Gasteiger partial charge in [-0.05, 0) is 29.8 Å². The molecule has 0 spiro atoms. The van der Waals surface area contributed by atoms with Crippen LogP contribution in [-0.2, 0) is 15.3 Å². The third-order valence-corrected chi connectivity index (χ3v) is 5.97. The summed E-state index contributed by atoms with van der Waals surface area (Å²) < 4.78 is 10.8. The Morgan fingerprint density at radius 1 is 1.09 bits per heavy atom. The van der Waals surface area contributed by atoms with Crippen molar-refractivity contribution in [1.82, 2.24) is 9.97 Å². The summed E-state index contributed by atoms with van der Waals surface area (Å²) in [5, 5.41) is 10.5. The van der Waals surface area contributed by atoms with Gasteiger partial charge in [-0.2, -0.15) is 0 Å². The van der Waals surface area contributed by atoms with Gasteiger partial charge < -0.3 is 14.3 Å². The van der Waals surface area contributed by atoms with Gasteiger partial charge in [0.15, 0.2) is 5.76 Å². The number of fused-ring (bicyclic) bond motifs is 1. The molecule has 1 atom stereocenters. The van der Waals surface area contributed by atoms with Crippen molar-refractivity contribution in [3.05, 3.63) is 94.3 Å². The molecule has 1 N–H and O–H groups in total. The number of aromatic nitrogens is 2. The highest BCUT2D eigenvalue weighted by Gasteiger charge is 2.27. The van der Waals surface area contributed by atoms with E-state index in [1.807, 2.05) is 30.3 Å². The lowest BCUT2D eigenvalue weighted by Crippen LogP contribution is -2.14. The molecule has 0 amide bonds. The summed E-state index contributed by atoms with van der Waals surface area (Å²) in [6.07, 6.45) is 3.04. The Kier molecular flexibility index (Phi) is 6.51. The molecule has 0 saturated carbocycles. The fourth-order valence-electron chi connectivity index (χ4n) is 3.34. The Morgan fingerprint density at radius 3 is 2.59 bits per heavy atom. The zero-order chi connectivity index (χ0) is 22.5. The molecular formula is C24H20N2O5S. The van der Waals surface area contributed by atoms with Crippen LogP contribution in [0.25, 0.3) is 11.0 Å². The molecular weight excluding hydrogens is 428 g/mol. The number of nitrogens with zero attached hydrogens (tertiary/aromatic N) is 2. The first kappa shape index (κ1) is 21.6. The number of benzene rings is 2. The second-order valence-electron chi connectivity index (χ2n) is 7.03. The van der Waals surface area contributed by atoms with Crippen molar-refractivity contribution >= 4 is 28.8 Å². The Bertz CT molecular complexity index is 1310. The lowest BCUT2D eigenvalue weighted by molar-refractivity contribution is -0.140. The average molecular weight is 449 g/mol. The maximum Gasteiger partial charge on any atom is 0.306 e. The summed E-state index contributed by atoms with van der Waals surface area (Å²) in [6, 6.07) is 16.3. The molecule has 2 aromatic heterocycles. The van der Waals surface area contributed by atoms with Crippen molar-refractivity contribution in [2.45, 2.75) is 23.0 Å². The van der Waals surface area contributed by atoms with Gasteiger partial charge in [-0.25, -0.2) is 0 Å². The van der Waals surface area contributed by atoms with Gasteiger partial charge in [0.05, 0.1) is 36.2 Å². The second kappa shape index (κ2) is 9.65. The summed E-state index contributed by atoms with van der Waals surface area (Å²) >= 11 is 1.50. The molecule has 0 aliphatic rings. The molecule has 32 heavy (non-hydrogen) atoms. The number of ether oxygens (including phenoxy) is 1. The van der Waals surface area contributed by atoms with Crippen LogP contribution < -0.4 is 5.43 Å². The highest BCUT2D eigenvalue weighted by Crippen LogP contribution is 2.35. The van der Waals surface area contributed by atoms with E-state index < -0.39 is 23.1 Å². The van der Waals surface area contributed by atoms with Gasteiger partial charge in [-0.3, -0.25) is 19.6 Å². The molecule has 0 aliphatic heterocycles. The Hall–Kier alpha value is -3.65. The van der Waals surface area contributed by atoms with Crippen LogP contribution in [0.3, 0.4) is 0 Å². The first-order chi connectivity index (χ1) is 15.5. The van der Waals surface area contributed by atoms with Crippen LogP contribution in [0.15, 0.2) is 81.1 Å². The smallest absolute Gasteiger partial charge is 0.306 e. The number of esters is 1. The number of hydrogen-bond donors (Lipinski definition) is 1. The predicted octanol–water partition coefficient (Wildman–Crippen LogP) is 4.28. The van der Waals surface area contributed by atoms with Crippen molar-refractivity contribution in [3.63, 3.8) is 0 Å². The minimum absolute atomic E-state index is 0.0230. The van der Waals surface area contributed by atoms with Crippen molar-refractivity contribution in [2.75, 3.05) is 7.11 Å². The molecule has 0 bridgehead atoms. The van der Waals surface area contributed by atoms with Gasteiger partial charge in [0.2, 0.25) is 11.2 Å². The molecule has 0 fully saturated rings. The highest BCUT2D eigenvalue weighted by atomic mass is 32.2. The predicted molar refractivity (Wildman–Crippen MR) is 121 cm³/mol. The van der Waals surface area contributed by atoms with E-state index in [4.69, 9.17) is 9.15 Å². The topological polar surface area (TPSA) is 103 Å². The molecule has 162 valence electrons. The fraction of sp³-hybridized carbons (Fsp3) is 0.167. The van der Waals surface area contributed by atoms with E-state index in [1.165, 1.54) is 24.9 Å². The van der Waals surface area contributed by atoms with Crippen LogP contribution in [0.2, 0.25) is 0 Å². The monoisotopic (exact) mass is 448 g/mol. The van der Waals surface area contributed by atoms with E-state index >= 15 is 0 Å². The van der Waals surface area contributed by atoms with Gasteiger partial charge in [0.1, 0.15) is 5.76 Å². The normalized spacial score (nSPS) is 11.9. The third kappa shape index (κ3) is 4.81.